The predicted molar refractivity (Wildman–Crippen MR) is 121 cm³/mol. The standard InChI is InChI=1S/C26H18FN3O4/c27-15-4-3-5-16(11-15)29-25(31)20-12-18-17-6-1-2-7-19(17)28-23(18)24(30(20)26(29)32)14-8-9-21-22(10-14)34-13-33-21/h1-11,20,24,28H,12-13H2/t20-,24-/m1/s1. The van der Waals surface area contributed by atoms with Gasteiger partial charge in [0, 0.05) is 23.0 Å². The Morgan fingerprint density at radius 3 is 2.68 bits per heavy atom. The first-order valence-corrected chi connectivity index (χ1v) is 11.0. The van der Waals surface area contributed by atoms with Gasteiger partial charge in [0.1, 0.15) is 17.9 Å². The maximum atomic E-state index is 14.0. The van der Waals surface area contributed by atoms with Crippen molar-refractivity contribution in [3.05, 3.63) is 89.4 Å². The maximum absolute atomic E-state index is 14.0. The number of nitrogens with one attached hydrogen (secondary N) is 1. The minimum Gasteiger partial charge on any atom is -0.454 e. The number of imide groups is 1. The highest BCUT2D eigenvalue weighted by atomic mass is 19.1. The molecule has 1 N–H and O–H groups in total. The first kappa shape index (κ1) is 19.2. The second-order valence-corrected chi connectivity index (χ2v) is 8.64. The molecule has 34 heavy (non-hydrogen) atoms. The number of carbonyl (C=O) groups is 2. The molecule has 0 bridgehead atoms. The zero-order chi connectivity index (χ0) is 23.0. The van der Waals surface area contributed by atoms with Crippen LogP contribution in [0.15, 0.2) is 66.7 Å². The van der Waals surface area contributed by atoms with Crippen molar-refractivity contribution in [3.8, 4) is 11.5 Å². The molecule has 168 valence electrons. The second-order valence-electron chi connectivity index (χ2n) is 8.64. The van der Waals surface area contributed by atoms with Gasteiger partial charge in [-0.15, -0.1) is 0 Å². The highest BCUT2D eigenvalue weighted by molar-refractivity contribution is 6.22. The van der Waals surface area contributed by atoms with Gasteiger partial charge in [-0.25, -0.2) is 14.1 Å². The Kier molecular flexibility index (Phi) is 3.85. The number of hydrogen-bond acceptors (Lipinski definition) is 4. The van der Waals surface area contributed by atoms with Crippen LogP contribution in [0.25, 0.3) is 10.9 Å². The molecule has 3 amide bonds. The number of hydrogen-bond donors (Lipinski definition) is 1. The van der Waals surface area contributed by atoms with Crippen LogP contribution in [0.3, 0.4) is 0 Å². The van der Waals surface area contributed by atoms with Crippen molar-refractivity contribution in [1.29, 1.82) is 0 Å². The minimum absolute atomic E-state index is 0.137. The molecule has 7 nitrogen and oxygen atoms in total. The summed E-state index contributed by atoms with van der Waals surface area (Å²) in [4.78, 5) is 33.5. The maximum Gasteiger partial charge on any atom is 0.332 e. The third kappa shape index (κ3) is 2.56. The molecule has 3 aliphatic heterocycles. The van der Waals surface area contributed by atoms with Crippen LogP contribution in [-0.4, -0.2) is 34.7 Å². The summed E-state index contributed by atoms with van der Waals surface area (Å²) in [6.07, 6.45) is 0.372. The van der Waals surface area contributed by atoms with Crippen molar-refractivity contribution in [2.24, 2.45) is 0 Å². The normalized spacial score (nSPS) is 20.7. The van der Waals surface area contributed by atoms with Gasteiger partial charge < -0.3 is 14.5 Å². The van der Waals surface area contributed by atoms with Gasteiger partial charge in [-0.3, -0.25) is 9.69 Å². The third-order valence-electron chi connectivity index (χ3n) is 6.83. The van der Waals surface area contributed by atoms with Crippen molar-refractivity contribution in [3.63, 3.8) is 0 Å². The number of para-hydroxylation sites is 1. The minimum atomic E-state index is -0.710. The summed E-state index contributed by atoms with van der Waals surface area (Å²) in [5.41, 5.74) is 3.83. The molecule has 8 heteroatoms. The van der Waals surface area contributed by atoms with E-state index in [2.05, 4.69) is 4.98 Å². The van der Waals surface area contributed by atoms with E-state index < -0.39 is 23.9 Å². The van der Waals surface area contributed by atoms with Crippen molar-refractivity contribution in [1.82, 2.24) is 9.88 Å². The Hall–Kier alpha value is -4.33. The number of amides is 3. The number of aromatic amines is 1. The average Bonchev–Trinajstić information content (AvgIpc) is 3.52. The molecule has 0 radical (unpaired) electrons. The van der Waals surface area contributed by atoms with Crippen molar-refractivity contribution in [2.45, 2.75) is 18.5 Å². The predicted octanol–water partition coefficient (Wildman–Crippen LogP) is 4.52. The number of urea groups is 1. The summed E-state index contributed by atoms with van der Waals surface area (Å²) in [7, 11) is 0. The van der Waals surface area contributed by atoms with E-state index in [0.29, 0.717) is 17.9 Å². The van der Waals surface area contributed by atoms with E-state index >= 15 is 0 Å². The summed E-state index contributed by atoms with van der Waals surface area (Å²) >= 11 is 0. The highest BCUT2D eigenvalue weighted by Gasteiger charge is 2.53. The molecular weight excluding hydrogens is 437 g/mol. The van der Waals surface area contributed by atoms with E-state index in [1.54, 1.807) is 11.0 Å². The summed E-state index contributed by atoms with van der Waals surface area (Å²) in [5.74, 6) is 0.360. The smallest absolute Gasteiger partial charge is 0.332 e. The highest BCUT2D eigenvalue weighted by Crippen LogP contribution is 2.46. The SMILES string of the molecule is O=C1[C@H]2Cc3c([nH]c4ccccc34)[C@@H](c3ccc4c(c3)OCO4)N2C(=O)N1c1cccc(F)c1. The number of ether oxygens (including phenoxy) is 2. The molecule has 0 unspecified atom stereocenters. The molecular formula is C26H18FN3O4. The van der Waals surface area contributed by atoms with Crippen molar-refractivity contribution < 1.29 is 23.5 Å². The number of H-pyrrole nitrogens is 1. The number of benzene rings is 3. The fraction of sp³-hybridized carbons (Fsp3) is 0.154. The van der Waals surface area contributed by atoms with Gasteiger partial charge in [-0.05, 0) is 47.5 Å². The molecule has 2 atom stereocenters. The van der Waals surface area contributed by atoms with Crippen LogP contribution < -0.4 is 14.4 Å². The molecule has 1 aromatic heterocycles. The van der Waals surface area contributed by atoms with Crippen molar-refractivity contribution >= 4 is 28.5 Å². The fourth-order valence-electron chi connectivity index (χ4n) is 5.36. The molecule has 1 saturated heterocycles. The molecule has 0 aliphatic carbocycles. The van der Waals surface area contributed by atoms with Gasteiger partial charge in [-0.2, -0.15) is 0 Å². The van der Waals surface area contributed by atoms with Crippen LogP contribution >= 0.6 is 0 Å². The van der Waals surface area contributed by atoms with Crippen LogP contribution in [0, 0.1) is 5.82 Å². The first-order chi connectivity index (χ1) is 16.6. The van der Waals surface area contributed by atoms with Gasteiger partial charge in [0.25, 0.3) is 5.91 Å². The molecule has 4 heterocycles. The zero-order valence-corrected chi connectivity index (χ0v) is 17.8. The monoisotopic (exact) mass is 455 g/mol. The summed E-state index contributed by atoms with van der Waals surface area (Å²) < 4.78 is 25.0. The summed E-state index contributed by atoms with van der Waals surface area (Å²) in [6.45, 7) is 0.137. The lowest BCUT2D eigenvalue weighted by Crippen LogP contribution is -2.44. The Morgan fingerprint density at radius 2 is 1.79 bits per heavy atom. The van der Waals surface area contributed by atoms with Crippen LogP contribution in [0.4, 0.5) is 14.9 Å². The van der Waals surface area contributed by atoms with E-state index in [1.807, 2.05) is 42.5 Å². The zero-order valence-electron chi connectivity index (χ0n) is 17.8. The number of rotatable bonds is 2. The van der Waals surface area contributed by atoms with E-state index in [4.69, 9.17) is 9.47 Å². The lowest BCUT2D eigenvalue weighted by molar-refractivity contribution is -0.120. The van der Waals surface area contributed by atoms with Crippen LogP contribution in [-0.2, 0) is 11.2 Å². The molecule has 7 rings (SSSR count). The molecule has 0 saturated carbocycles. The number of carbonyl (C=O) groups excluding carboxylic acids is 2. The fourth-order valence-corrected chi connectivity index (χ4v) is 5.36. The largest absolute Gasteiger partial charge is 0.454 e. The van der Waals surface area contributed by atoms with E-state index in [1.165, 1.54) is 18.2 Å². The Balaban J connectivity index is 1.43. The van der Waals surface area contributed by atoms with Gasteiger partial charge in [-0.1, -0.05) is 30.3 Å². The van der Waals surface area contributed by atoms with Gasteiger partial charge in [0.05, 0.1) is 5.69 Å². The Morgan fingerprint density at radius 1 is 0.941 bits per heavy atom. The van der Waals surface area contributed by atoms with Crippen molar-refractivity contribution in [2.75, 3.05) is 11.7 Å². The van der Waals surface area contributed by atoms with Gasteiger partial charge >= 0.3 is 6.03 Å². The van der Waals surface area contributed by atoms with Crippen LogP contribution in [0.1, 0.15) is 22.9 Å². The second kappa shape index (κ2) is 6.84. The topological polar surface area (TPSA) is 74.9 Å². The number of halogens is 1. The van der Waals surface area contributed by atoms with E-state index in [9.17, 15) is 14.0 Å². The van der Waals surface area contributed by atoms with Crippen LogP contribution in [0.2, 0.25) is 0 Å². The van der Waals surface area contributed by atoms with E-state index in [0.717, 1.165) is 32.6 Å². The molecule has 1 fully saturated rings. The van der Waals surface area contributed by atoms with Gasteiger partial charge in [0.2, 0.25) is 6.79 Å². The molecule has 3 aliphatic rings. The Bertz CT molecular complexity index is 1510. The quantitative estimate of drug-likeness (QED) is 0.451. The number of nitrogens with zero attached hydrogens (tertiary/aromatic N) is 2. The van der Waals surface area contributed by atoms with Gasteiger partial charge in [0.15, 0.2) is 11.5 Å². The van der Waals surface area contributed by atoms with E-state index in [-0.39, 0.29) is 18.4 Å². The number of aromatic nitrogens is 1. The van der Waals surface area contributed by atoms with Crippen LogP contribution in [0.5, 0.6) is 11.5 Å². The first-order valence-electron chi connectivity index (χ1n) is 11.0. The molecule has 3 aromatic carbocycles. The molecule has 0 spiro atoms. The number of fused-ring (bicyclic) bond motifs is 5. The summed E-state index contributed by atoms with van der Waals surface area (Å²) in [5, 5.41) is 1.02. The Labute approximate surface area is 193 Å². The lowest BCUT2D eigenvalue weighted by Gasteiger charge is -2.36. The molecule has 4 aromatic rings. The summed E-state index contributed by atoms with van der Waals surface area (Å²) in [6, 6.07) is 17.3. The average molecular weight is 455 g/mol. The number of anilines is 1. The lowest BCUT2D eigenvalue weighted by atomic mass is 9.88. The third-order valence-corrected chi connectivity index (χ3v) is 6.83.